The third-order valence-electron chi connectivity index (χ3n) is 5.36. The number of para-hydroxylation sites is 1. The monoisotopic (exact) mass is 396 g/mol. The van der Waals surface area contributed by atoms with E-state index in [-0.39, 0.29) is 11.8 Å². The van der Waals surface area contributed by atoms with Gasteiger partial charge in [0.25, 0.3) is 0 Å². The van der Waals surface area contributed by atoms with Crippen LogP contribution in [0.5, 0.6) is 0 Å². The van der Waals surface area contributed by atoms with Crippen molar-refractivity contribution in [2.75, 3.05) is 6.54 Å². The van der Waals surface area contributed by atoms with Gasteiger partial charge in [-0.15, -0.1) is 0 Å². The van der Waals surface area contributed by atoms with Crippen molar-refractivity contribution in [2.24, 2.45) is 0 Å². The number of aromatic nitrogens is 1. The fourth-order valence-corrected chi connectivity index (χ4v) is 4.09. The molecule has 0 saturated carbocycles. The van der Waals surface area contributed by atoms with Gasteiger partial charge in [-0.05, 0) is 35.6 Å². The van der Waals surface area contributed by atoms with Crippen LogP contribution in [-0.4, -0.2) is 17.4 Å². The second-order valence-corrected chi connectivity index (χ2v) is 7.68. The third-order valence-corrected chi connectivity index (χ3v) is 5.71. The fraction of sp³-hybridized carbons (Fsp3) is 0.375. The van der Waals surface area contributed by atoms with Gasteiger partial charge in [0.2, 0.25) is 5.91 Å². The Labute approximate surface area is 172 Å². The maximum atomic E-state index is 12.7. The zero-order valence-corrected chi connectivity index (χ0v) is 17.5. The van der Waals surface area contributed by atoms with Crippen LogP contribution in [0.1, 0.15) is 62.1 Å². The minimum Gasteiger partial charge on any atom is -0.361 e. The van der Waals surface area contributed by atoms with Crippen LogP contribution in [-0.2, 0) is 11.2 Å². The number of unbranched alkanes of at least 4 members (excludes halogenated alkanes) is 2. The number of aryl methyl sites for hydroxylation is 1. The molecule has 0 aliphatic heterocycles. The first-order valence-corrected chi connectivity index (χ1v) is 10.6. The molecule has 0 fully saturated rings. The van der Waals surface area contributed by atoms with E-state index in [1.54, 1.807) is 0 Å². The first-order valence-electron chi connectivity index (χ1n) is 10.3. The Morgan fingerprint density at radius 3 is 2.64 bits per heavy atom. The molecule has 4 heteroatoms. The molecule has 3 aromatic rings. The van der Waals surface area contributed by atoms with Gasteiger partial charge in [0.1, 0.15) is 0 Å². The zero-order valence-electron chi connectivity index (χ0n) is 16.7. The first kappa shape index (κ1) is 20.5. The molecule has 0 radical (unpaired) electrons. The SMILES string of the molecule is CCCCCNC(=O)CC(c1ccccc1Cl)c1c[nH]c2c(CC)cccc12. The molecule has 0 aliphatic rings. The highest BCUT2D eigenvalue weighted by atomic mass is 35.5. The topological polar surface area (TPSA) is 44.9 Å². The number of rotatable bonds is 9. The summed E-state index contributed by atoms with van der Waals surface area (Å²) in [5.41, 5.74) is 4.56. The quantitative estimate of drug-likeness (QED) is 0.415. The number of carbonyl (C=O) groups excluding carboxylic acids is 1. The predicted octanol–water partition coefficient (Wildman–Crippen LogP) is 6.21. The Balaban J connectivity index is 1.94. The number of amides is 1. The summed E-state index contributed by atoms with van der Waals surface area (Å²) in [6.45, 7) is 5.05. The van der Waals surface area contributed by atoms with Crippen LogP contribution in [0.25, 0.3) is 10.9 Å². The molecule has 1 aromatic heterocycles. The standard InChI is InChI=1S/C24H29ClN2O/c1-3-5-8-14-26-23(28)15-20(18-11-6-7-13-22(18)25)21-16-27-24-17(4-2)10-9-12-19(21)24/h6-7,9-13,16,20,27H,3-5,8,14-15H2,1-2H3,(H,26,28). The van der Waals surface area contributed by atoms with E-state index >= 15 is 0 Å². The summed E-state index contributed by atoms with van der Waals surface area (Å²) in [6, 6.07) is 14.2. The Kier molecular flexibility index (Phi) is 7.16. The van der Waals surface area contributed by atoms with E-state index in [0.717, 1.165) is 48.9 Å². The summed E-state index contributed by atoms with van der Waals surface area (Å²) in [6.07, 6.45) is 6.70. The largest absolute Gasteiger partial charge is 0.361 e. The van der Waals surface area contributed by atoms with Gasteiger partial charge in [-0.2, -0.15) is 0 Å². The molecular formula is C24H29ClN2O. The molecule has 3 rings (SSSR count). The third kappa shape index (κ3) is 4.59. The number of H-pyrrole nitrogens is 1. The van der Waals surface area contributed by atoms with Crippen molar-refractivity contribution >= 4 is 28.4 Å². The van der Waals surface area contributed by atoms with E-state index in [1.807, 2.05) is 30.5 Å². The second-order valence-electron chi connectivity index (χ2n) is 7.27. The lowest BCUT2D eigenvalue weighted by molar-refractivity contribution is -0.121. The lowest BCUT2D eigenvalue weighted by Crippen LogP contribution is -2.26. The second kappa shape index (κ2) is 9.79. The van der Waals surface area contributed by atoms with Crippen LogP contribution in [0.3, 0.4) is 0 Å². The summed E-state index contributed by atoms with van der Waals surface area (Å²) in [4.78, 5) is 16.1. The molecule has 0 aliphatic carbocycles. The fourth-order valence-electron chi connectivity index (χ4n) is 3.83. The molecule has 2 N–H and O–H groups in total. The van der Waals surface area contributed by atoms with Gasteiger partial charge in [-0.1, -0.05) is 74.7 Å². The van der Waals surface area contributed by atoms with Gasteiger partial charge < -0.3 is 10.3 Å². The number of nitrogens with one attached hydrogen (secondary N) is 2. The Morgan fingerprint density at radius 1 is 1.07 bits per heavy atom. The summed E-state index contributed by atoms with van der Waals surface area (Å²) < 4.78 is 0. The number of fused-ring (bicyclic) bond motifs is 1. The number of halogens is 1. The lowest BCUT2D eigenvalue weighted by atomic mass is 9.87. The Bertz CT molecular complexity index is 931. The number of hydrogen-bond acceptors (Lipinski definition) is 1. The van der Waals surface area contributed by atoms with Crippen LogP contribution in [0.4, 0.5) is 0 Å². The van der Waals surface area contributed by atoms with Crippen molar-refractivity contribution in [3.63, 3.8) is 0 Å². The van der Waals surface area contributed by atoms with E-state index < -0.39 is 0 Å². The molecule has 1 amide bonds. The average molecular weight is 397 g/mol. The minimum atomic E-state index is -0.0827. The molecule has 148 valence electrons. The lowest BCUT2D eigenvalue weighted by Gasteiger charge is -2.18. The van der Waals surface area contributed by atoms with E-state index in [4.69, 9.17) is 11.6 Å². The molecule has 28 heavy (non-hydrogen) atoms. The molecule has 1 atom stereocenters. The van der Waals surface area contributed by atoms with Gasteiger partial charge in [-0.3, -0.25) is 4.79 Å². The summed E-state index contributed by atoms with van der Waals surface area (Å²) in [7, 11) is 0. The normalized spacial score (nSPS) is 12.2. The molecule has 1 heterocycles. The highest BCUT2D eigenvalue weighted by Crippen LogP contribution is 2.37. The first-order chi connectivity index (χ1) is 13.7. The van der Waals surface area contributed by atoms with Crippen LogP contribution in [0, 0.1) is 0 Å². The van der Waals surface area contributed by atoms with Crippen molar-refractivity contribution in [1.82, 2.24) is 10.3 Å². The summed E-state index contributed by atoms with van der Waals surface area (Å²) in [5, 5.41) is 4.95. The highest BCUT2D eigenvalue weighted by Gasteiger charge is 2.23. The van der Waals surface area contributed by atoms with Gasteiger partial charge in [0, 0.05) is 41.0 Å². The van der Waals surface area contributed by atoms with E-state index in [0.29, 0.717) is 11.4 Å². The highest BCUT2D eigenvalue weighted by molar-refractivity contribution is 6.31. The molecular weight excluding hydrogens is 368 g/mol. The van der Waals surface area contributed by atoms with Crippen molar-refractivity contribution < 1.29 is 4.79 Å². The maximum Gasteiger partial charge on any atom is 0.220 e. The van der Waals surface area contributed by atoms with Crippen LogP contribution < -0.4 is 5.32 Å². The average Bonchev–Trinajstić information content (AvgIpc) is 3.14. The Morgan fingerprint density at radius 2 is 1.89 bits per heavy atom. The maximum absolute atomic E-state index is 12.7. The Hall–Kier alpha value is -2.26. The van der Waals surface area contributed by atoms with Crippen molar-refractivity contribution in [2.45, 2.75) is 51.9 Å². The molecule has 2 aromatic carbocycles. The number of aromatic amines is 1. The summed E-state index contributed by atoms with van der Waals surface area (Å²) >= 11 is 6.53. The van der Waals surface area contributed by atoms with Gasteiger partial charge in [-0.25, -0.2) is 0 Å². The smallest absolute Gasteiger partial charge is 0.220 e. The van der Waals surface area contributed by atoms with Crippen molar-refractivity contribution in [1.29, 1.82) is 0 Å². The van der Waals surface area contributed by atoms with E-state index in [9.17, 15) is 4.79 Å². The molecule has 0 spiro atoms. The van der Waals surface area contributed by atoms with Crippen LogP contribution in [0.2, 0.25) is 5.02 Å². The minimum absolute atomic E-state index is 0.0713. The van der Waals surface area contributed by atoms with Gasteiger partial charge in [0.05, 0.1) is 0 Å². The molecule has 1 unspecified atom stereocenters. The predicted molar refractivity (Wildman–Crippen MR) is 118 cm³/mol. The van der Waals surface area contributed by atoms with Gasteiger partial charge in [0.15, 0.2) is 0 Å². The summed E-state index contributed by atoms with van der Waals surface area (Å²) in [5.74, 6) is -0.0113. The van der Waals surface area contributed by atoms with Crippen LogP contribution in [0.15, 0.2) is 48.7 Å². The van der Waals surface area contributed by atoms with Crippen molar-refractivity contribution in [3.8, 4) is 0 Å². The van der Waals surface area contributed by atoms with E-state index in [2.05, 4.69) is 42.3 Å². The molecule has 0 saturated heterocycles. The van der Waals surface area contributed by atoms with E-state index in [1.165, 1.54) is 10.9 Å². The van der Waals surface area contributed by atoms with Crippen LogP contribution >= 0.6 is 11.6 Å². The zero-order chi connectivity index (χ0) is 19.9. The molecule has 3 nitrogen and oxygen atoms in total. The van der Waals surface area contributed by atoms with Crippen molar-refractivity contribution in [3.05, 3.63) is 70.4 Å². The number of hydrogen-bond donors (Lipinski definition) is 2. The van der Waals surface area contributed by atoms with Gasteiger partial charge >= 0.3 is 0 Å². The number of benzene rings is 2. The molecule has 0 bridgehead atoms. The number of carbonyl (C=O) groups is 1.